The number of carbonyl (C=O) groups excluding carboxylic acids is 3. The van der Waals surface area contributed by atoms with Crippen molar-refractivity contribution in [3.63, 3.8) is 0 Å². The zero-order chi connectivity index (χ0) is 22.4. The Hall–Kier alpha value is -1.77. The Morgan fingerprint density at radius 1 is 1.32 bits per heavy atom. The Morgan fingerprint density at radius 2 is 2.03 bits per heavy atom. The Kier molecular flexibility index (Phi) is 6.00. The molecule has 4 rings (SSSR count). The van der Waals surface area contributed by atoms with Gasteiger partial charge in [0.05, 0.1) is 23.2 Å². The topological polar surface area (TPSA) is 95.9 Å². The molecule has 1 aromatic rings. The van der Waals surface area contributed by atoms with Gasteiger partial charge in [-0.3, -0.25) is 14.4 Å². The second-order valence-corrected chi connectivity index (χ2v) is 10.9. The highest BCUT2D eigenvalue weighted by atomic mass is 35.5. The fraction of sp³-hybridized carbons (Fsp3) is 0.591. The molecule has 3 fully saturated rings. The maximum absolute atomic E-state index is 13.6. The molecule has 3 aliphatic heterocycles. The first-order valence-electron chi connectivity index (χ1n) is 10.6. The number of benzene rings is 1. The lowest BCUT2D eigenvalue weighted by Gasteiger charge is -2.34. The van der Waals surface area contributed by atoms with Crippen molar-refractivity contribution < 1.29 is 24.2 Å². The van der Waals surface area contributed by atoms with Gasteiger partial charge >= 0.3 is 5.97 Å². The molecule has 3 saturated heterocycles. The average molecular weight is 467 g/mol. The largest absolute Gasteiger partial charge is 0.466 e. The van der Waals surface area contributed by atoms with Gasteiger partial charge in [-0.2, -0.15) is 0 Å². The summed E-state index contributed by atoms with van der Waals surface area (Å²) in [5.41, 5.74) is 0.592. The lowest BCUT2D eigenvalue weighted by molar-refractivity contribution is -0.155. The highest BCUT2D eigenvalue weighted by Gasteiger charge is 2.77. The number of hydrogen-bond acceptors (Lipinski definition) is 6. The lowest BCUT2D eigenvalue weighted by Crippen LogP contribution is -2.51. The van der Waals surface area contributed by atoms with Crippen LogP contribution in [0.4, 0.5) is 5.69 Å². The van der Waals surface area contributed by atoms with Crippen LogP contribution < -0.4 is 5.32 Å². The van der Waals surface area contributed by atoms with Gasteiger partial charge in [-0.25, -0.2) is 0 Å². The molecule has 0 saturated carbocycles. The van der Waals surface area contributed by atoms with Crippen molar-refractivity contribution in [2.45, 2.75) is 48.6 Å². The summed E-state index contributed by atoms with van der Waals surface area (Å²) in [7, 11) is 0. The molecular formula is C22H27ClN2O5S. The quantitative estimate of drug-likeness (QED) is 0.600. The standard InChI is InChI=1S/C22H27ClN2O5S/c1-3-30-20(29)16-15-19(28)25(11-4-12-26)17(22(15)10-9-21(16,2)31-22)18(27)24-14-7-5-13(23)6-8-14/h5-8,15-17,26H,3-4,9-12H2,1-2H3,(H,24,27)/t15-,16-,17?,21+,22?/m0/s1. The van der Waals surface area contributed by atoms with E-state index in [9.17, 15) is 19.5 Å². The first-order chi connectivity index (χ1) is 14.8. The third-order valence-corrected chi connectivity index (χ3v) is 8.97. The first kappa shape index (κ1) is 22.4. The zero-order valence-electron chi connectivity index (χ0n) is 17.6. The van der Waals surface area contributed by atoms with Gasteiger partial charge in [0.2, 0.25) is 11.8 Å². The van der Waals surface area contributed by atoms with Crippen molar-refractivity contribution in [1.82, 2.24) is 4.90 Å². The number of nitrogens with one attached hydrogen (secondary N) is 1. The number of hydrogen-bond donors (Lipinski definition) is 2. The van der Waals surface area contributed by atoms with Crippen LogP contribution in [0.1, 0.15) is 33.1 Å². The predicted molar refractivity (Wildman–Crippen MR) is 119 cm³/mol. The summed E-state index contributed by atoms with van der Waals surface area (Å²) in [6.45, 7) is 4.19. The van der Waals surface area contributed by atoms with Crippen LogP contribution >= 0.6 is 23.4 Å². The van der Waals surface area contributed by atoms with Gasteiger partial charge in [-0.15, -0.1) is 11.8 Å². The number of ether oxygens (including phenoxy) is 1. The van der Waals surface area contributed by atoms with Crippen molar-refractivity contribution in [3.8, 4) is 0 Å². The molecule has 1 spiro atoms. The van der Waals surface area contributed by atoms with Crippen molar-refractivity contribution in [3.05, 3.63) is 29.3 Å². The summed E-state index contributed by atoms with van der Waals surface area (Å²) in [5, 5.41) is 12.8. The number of carbonyl (C=O) groups is 3. The number of rotatable bonds is 7. The molecule has 168 valence electrons. The van der Waals surface area contributed by atoms with E-state index in [1.54, 1.807) is 47.9 Å². The van der Waals surface area contributed by atoms with Crippen molar-refractivity contribution in [2.24, 2.45) is 11.8 Å². The number of likely N-dealkylation sites (tertiary alicyclic amines) is 1. The summed E-state index contributed by atoms with van der Waals surface area (Å²) >= 11 is 7.55. The maximum Gasteiger partial charge on any atom is 0.311 e. The molecule has 2 unspecified atom stereocenters. The number of amides is 2. The van der Waals surface area contributed by atoms with Crippen molar-refractivity contribution in [2.75, 3.05) is 25.1 Å². The second kappa shape index (κ2) is 8.30. The van der Waals surface area contributed by atoms with Crippen LogP contribution in [0.25, 0.3) is 0 Å². The van der Waals surface area contributed by atoms with Gasteiger partial charge in [0.15, 0.2) is 0 Å². The summed E-state index contributed by atoms with van der Waals surface area (Å²) in [4.78, 5) is 41.5. The van der Waals surface area contributed by atoms with Crippen LogP contribution in [-0.2, 0) is 19.1 Å². The maximum atomic E-state index is 13.6. The minimum atomic E-state index is -0.724. The van der Waals surface area contributed by atoms with Crippen LogP contribution in [0.5, 0.6) is 0 Å². The lowest BCUT2D eigenvalue weighted by atomic mass is 9.66. The molecular weight excluding hydrogens is 440 g/mol. The third kappa shape index (κ3) is 3.52. The summed E-state index contributed by atoms with van der Waals surface area (Å²) < 4.78 is 4.22. The molecule has 1 aromatic carbocycles. The number of esters is 1. The normalized spacial score (nSPS) is 33.5. The van der Waals surface area contributed by atoms with E-state index in [1.165, 1.54) is 0 Å². The van der Waals surface area contributed by atoms with Crippen molar-refractivity contribution in [1.29, 1.82) is 0 Å². The number of aliphatic hydroxyl groups excluding tert-OH is 1. The summed E-state index contributed by atoms with van der Waals surface area (Å²) in [6, 6.07) is 6.08. The smallest absolute Gasteiger partial charge is 0.311 e. The fourth-order valence-electron chi connectivity index (χ4n) is 5.54. The number of fused-ring (bicyclic) bond motifs is 1. The molecule has 2 amide bonds. The van der Waals surface area contributed by atoms with E-state index in [0.29, 0.717) is 23.6 Å². The molecule has 3 heterocycles. The van der Waals surface area contributed by atoms with Crippen LogP contribution in [0.2, 0.25) is 5.02 Å². The molecule has 0 radical (unpaired) electrons. The number of thioether (sulfide) groups is 1. The molecule has 5 atom stereocenters. The van der Waals surface area contributed by atoms with Gasteiger partial charge in [0, 0.05) is 28.6 Å². The van der Waals surface area contributed by atoms with Gasteiger partial charge in [-0.1, -0.05) is 11.6 Å². The highest BCUT2D eigenvalue weighted by molar-refractivity contribution is 8.02. The highest BCUT2D eigenvalue weighted by Crippen LogP contribution is 2.71. The second-order valence-electron chi connectivity index (χ2n) is 8.58. The Balaban J connectivity index is 1.70. The number of anilines is 1. The molecule has 7 nitrogen and oxygen atoms in total. The number of aliphatic hydroxyl groups is 1. The van der Waals surface area contributed by atoms with Gasteiger partial charge in [0.25, 0.3) is 0 Å². The Bertz CT molecular complexity index is 896. The summed E-state index contributed by atoms with van der Waals surface area (Å²) in [6.07, 6.45) is 1.78. The van der Waals surface area contributed by atoms with E-state index in [0.717, 1.165) is 6.42 Å². The Morgan fingerprint density at radius 3 is 2.68 bits per heavy atom. The van der Waals surface area contributed by atoms with Crippen LogP contribution in [0.3, 0.4) is 0 Å². The van der Waals surface area contributed by atoms with Crippen molar-refractivity contribution >= 4 is 46.8 Å². The number of halogens is 1. The minimum Gasteiger partial charge on any atom is -0.466 e. The van der Waals surface area contributed by atoms with E-state index in [4.69, 9.17) is 16.3 Å². The zero-order valence-corrected chi connectivity index (χ0v) is 19.2. The molecule has 3 aliphatic rings. The molecule has 2 bridgehead atoms. The molecule has 31 heavy (non-hydrogen) atoms. The first-order valence-corrected chi connectivity index (χ1v) is 11.8. The van der Waals surface area contributed by atoms with Crippen LogP contribution in [0, 0.1) is 11.8 Å². The number of nitrogens with zero attached hydrogens (tertiary/aromatic N) is 1. The van der Waals surface area contributed by atoms with Gasteiger partial charge < -0.3 is 20.1 Å². The molecule has 0 aliphatic carbocycles. The molecule has 9 heteroatoms. The SMILES string of the molecule is CCOC(=O)[C@@H]1[C@H]2C(=O)N(CCCO)C(C(=O)Nc3ccc(Cl)cc3)C23CC[C@@]1(C)S3. The third-order valence-electron chi connectivity index (χ3n) is 6.73. The van der Waals surface area contributed by atoms with Crippen LogP contribution in [-0.4, -0.2) is 63.1 Å². The average Bonchev–Trinajstić information content (AvgIpc) is 3.29. The van der Waals surface area contributed by atoms with E-state index >= 15 is 0 Å². The van der Waals surface area contributed by atoms with E-state index < -0.39 is 27.4 Å². The molecule has 0 aromatic heterocycles. The van der Waals surface area contributed by atoms with E-state index in [1.807, 2.05) is 6.92 Å². The van der Waals surface area contributed by atoms with Crippen LogP contribution in [0.15, 0.2) is 24.3 Å². The summed E-state index contributed by atoms with van der Waals surface area (Å²) in [5.74, 6) is -2.02. The van der Waals surface area contributed by atoms with E-state index in [-0.39, 0.29) is 37.5 Å². The fourth-order valence-corrected chi connectivity index (χ4v) is 8.01. The van der Waals surface area contributed by atoms with E-state index in [2.05, 4.69) is 5.32 Å². The van der Waals surface area contributed by atoms with Gasteiger partial charge in [-0.05, 0) is 57.4 Å². The minimum absolute atomic E-state index is 0.0842. The predicted octanol–water partition coefficient (Wildman–Crippen LogP) is 2.71. The Labute approximate surface area is 190 Å². The molecule has 2 N–H and O–H groups in total. The monoisotopic (exact) mass is 466 g/mol. The van der Waals surface area contributed by atoms with Gasteiger partial charge in [0.1, 0.15) is 6.04 Å².